The van der Waals surface area contributed by atoms with Crippen molar-refractivity contribution in [3.8, 4) is 0 Å². The molecule has 140 valence electrons. The van der Waals surface area contributed by atoms with Crippen LogP contribution in [-0.4, -0.2) is 48.0 Å². The van der Waals surface area contributed by atoms with Gasteiger partial charge in [-0.05, 0) is 25.0 Å². The first kappa shape index (κ1) is 17.2. The molecule has 3 aromatic heterocycles. The maximum atomic E-state index is 12.5. The number of H-pyrrole nitrogens is 1. The summed E-state index contributed by atoms with van der Waals surface area (Å²) in [5, 5.41) is 0. The van der Waals surface area contributed by atoms with E-state index in [-0.39, 0.29) is 17.4 Å². The Bertz CT molecular complexity index is 1120. The number of imidazole rings is 1. The van der Waals surface area contributed by atoms with Gasteiger partial charge in [-0.15, -0.1) is 0 Å². The Kier molecular flexibility index (Phi) is 4.14. The molecular formula is C18H20N6O3. The molecule has 0 aromatic carbocycles. The first-order chi connectivity index (χ1) is 13.0. The zero-order valence-electron chi connectivity index (χ0n) is 15.2. The van der Waals surface area contributed by atoms with Crippen LogP contribution in [0.1, 0.15) is 34.9 Å². The van der Waals surface area contributed by atoms with Crippen LogP contribution in [0, 0.1) is 0 Å². The van der Waals surface area contributed by atoms with E-state index < -0.39 is 5.69 Å². The molecule has 0 atom stereocenters. The van der Waals surface area contributed by atoms with E-state index in [9.17, 15) is 14.4 Å². The molecule has 3 aromatic rings. The fourth-order valence-corrected chi connectivity index (χ4v) is 3.57. The molecule has 1 amide bonds. The number of fused-ring (bicyclic) bond motifs is 1. The van der Waals surface area contributed by atoms with Crippen molar-refractivity contribution in [2.24, 2.45) is 14.1 Å². The fraction of sp³-hybridized carbons (Fsp3) is 0.389. The fourth-order valence-electron chi connectivity index (χ4n) is 3.57. The number of rotatable bonds is 2. The van der Waals surface area contributed by atoms with Crippen LogP contribution in [0.25, 0.3) is 11.2 Å². The molecule has 0 unspecified atom stereocenters. The molecule has 9 nitrogen and oxygen atoms in total. The molecule has 0 saturated carbocycles. The summed E-state index contributed by atoms with van der Waals surface area (Å²) in [7, 11) is 3.05. The van der Waals surface area contributed by atoms with E-state index in [2.05, 4.69) is 15.0 Å². The Morgan fingerprint density at radius 2 is 1.93 bits per heavy atom. The second-order valence-electron chi connectivity index (χ2n) is 6.83. The van der Waals surface area contributed by atoms with Gasteiger partial charge in [-0.1, -0.05) is 0 Å². The highest BCUT2D eigenvalue weighted by Gasteiger charge is 2.27. The van der Waals surface area contributed by atoms with Crippen LogP contribution in [0.4, 0.5) is 0 Å². The summed E-state index contributed by atoms with van der Waals surface area (Å²) in [5.41, 5.74) is 0.507. The minimum Gasteiger partial charge on any atom is -0.339 e. The van der Waals surface area contributed by atoms with Gasteiger partial charge in [0.05, 0.1) is 5.56 Å². The van der Waals surface area contributed by atoms with Crippen molar-refractivity contribution in [2.45, 2.75) is 18.8 Å². The summed E-state index contributed by atoms with van der Waals surface area (Å²) in [5.74, 6) is 0.773. The van der Waals surface area contributed by atoms with Gasteiger partial charge in [-0.3, -0.25) is 23.7 Å². The molecule has 0 spiro atoms. The largest absolute Gasteiger partial charge is 0.339 e. The van der Waals surface area contributed by atoms with E-state index in [0.717, 1.165) is 17.4 Å². The number of pyridine rings is 1. The van der Waals surface area contributed by atoms with Crippen molar-refractivity contribution in [1.29, 1.82) is 0 Å². The maximum Gasteiger partial charge on any atom is 0.332 e. The number of likely N-dealkylation sites (tertiary alicyclic amines) is 1. The number of nitrogens with zero attached hydrogens (tertiary/aromatic N) is 5. The normalized spacial score (nSPS) is 15.4. The lowest BCUT2D eigenvalue weighted by atomic mass is 9.96. The van der Waals surface area contributed by atoms with Crippen molar-refractivity contribution in [1.82, 2.24) is 29.0 Å². The molecule has 4 rings (SSSR count). The predicted molar refractivity (Wildman–Crippen MR) is 98.7 cm³/mol. The zero-order chi connectivity index (χ0) is 19.1. The van der Waals surface area contributed by atoms with Gasteiger partial charge in [0, 0.05) is 45.5 Å². The zero-order valence-corrected chi connectivity index (χ0v) is 15.2. The van der Waals surface area contributed by atoms with Gasteiger partial charge in [0.1, 0.15) is 11.3 Å². The highest BCUT2D eigenvalue weighted by atomic mass is 16.2. The minimum atomic E-state index is -0.401. The van der Waals surface area contributed by atoms with Gasteiger partial charge in [-0.25, -0.2) is 9.78 Å². The lowest BCUT2D eigenvalue weighted by molar-refractivity contribution is 0.0711. The van der Waals surface area contributed by atoms with E-state index in [0.29, 0.717) is 35.6 Å². The first-order valence-corrected chi connectivity index (χ1v) is 8.82. The topological polar surface area (TPSA) is 106 Å². The Labute approximate surface area is 154 Å². The molecule has 1 fully saturated rings. The lowest BCUT2D eigenvalue weighted by Gasteiger charge is -2.31. The summed E-state index contributed by atoms with van der Waals surface area (Å²) < 4.78 is 2.44. The Hall–Kier alpha value is -3.23. The number of amides is 1. The van der Waals surface area contributed by atoms with Gasteiger partial charge in [0.15, 0.2) is 5.65 Å². The predicted octanol–water partition coefficient (Wildman–Crippen LogP) is 0.375. The smallest absolute Gasteiger partial charge is 0.332 e. The van der Waals surface area contributed by atoms with Crippen molar-refractivity contribution in [3.63, 3.8) is 0 Å². The number of carbonyl (C=O) groups excluding carboxylic acids is 1. The molecule has 4 heterocycles. The van der Waals surface area contributed by atoms with Crippen LogP contribution < -0.4 is 11.2 Å². The number of carbonyl (C=O) groups is 1. The molecule has 1 N–H and O–H groups in total. The minimum absolute atomic E-state index is 0.0255. The number of aryl methyl sites for hydroxylation is 1. The summed E-state index contributed by atoms with van der Waals surface area (Å²) in [6.45, 7) is 1.21. The van der Waals surface area contributed by atoms with E-state index in [1.807, 2.05) is 4.90 Å². The summed E-state index contributed by atoms with van der Waals surface area (Å²) in [4.78, 5) is 50.3. The molecular weight excluding hydrogens is 348 g/mol. The van der Waals surface area contributed by atoms with Crippen molar-refractivity contribution >= 4 is 17.1 Å². The summed E-state index contributed by atoms with van der Waals surface area (Å²) in [6, 6.07) is 3.51. The number of aromatic nitrogens is 5. The van der Waals surface area contributed by atoms with Crippen LogP contribution in [0.5, 0.6) is 0 Å². The molecule has 27 heavy (non-hydrogen) atoms. The molecule has 0 bridgehead atoms. The van der Waals surface area contributed by atoms with Crippen LogP contribution in [0.2, 0.25) is 0 Å². The standard InChI is InChI=1S/C18H20N6O3/c1-22-15-13(17(26)23(2)18(22)27)20-14(21-15)11-5-8-24(9-6-11)16(25)12-4-3-7-19-10-12/h3-4,7,10-11H,5-6,8-9H2,1-2H3,(H,20,21). The van der Waals surface area contributed by atoms with Gasteiger partial charge in [-0.2, -0.15) is 0 Å². The average molecular weight is 368 g/mol. The van der Waals surface area contributed by atoms with Crippen LogP contribution in [-0.2, 0) is 14.1 Å². The Morgan fingerprint density at radius 3 is 2.59 bits per heavy atom. The van der Waals surface area contributed by atoms with E-state index in [1.165, 1.54) is 11.6 Å². The van der Waals surface area contributed by atoms with Crippen LogP contribution in [0.3, 0.4) is 0 Å². The van der Waals surface area contributed by atoms with E-state index in [1.54, 1.807) is 31.6 Å². The number of hydrogen-bond donors (Lipinski definition) is 1. The molecule has 0 radical (unpaired) electrons. The second-order valence-corrected chi connectivity index (χ2v) is 6.83. The molecule has 1 aliphatic heterocycles. The third-order valence-electron chi connectivity index (χ3n) is 5.19. The third-order valence-corrected chi connectivity index (χ3v) is 5.19. The monoisotopic (exact) mass is 368 g/mol. The highest BCUT2D eigenvalue weighted by molar-refractivity contribution is 5.93. The van der Waals surface area contributed by atoms with E-state index >= 15 is 0 Å². The highest BCUT2D eigenvalue weighted by Crippen LogP contribution is 2.27. The maximum absolute atomic E-state index is 12.5. The van der Waals surface area contributed by atoms with Crippen LogP contribution >= 0.6 is 0 Å². The number of hydrogen-bond acceptors (Lipinski definition) is 5. The summed E-state index contributed by atoms with van der Waals surface area (Å²) >= 11 is 0. The van der Waals surface area contributed by atoms with Crippen molar-refractivity contribution in [2.75, 3.05) is 13.1 Å². The van der Waals surface area contributed by atoms with E-state index in [4.69, 9.17) is 0 Å². The molecule has 1 saturated heterocycles. The van der Waals surface area contributed by atoms with Gasteiger partial charge >= 0.3 is 5.69 Å². The third kappa shape index (κ3) is 2.84. The van der Waals surface area contributed by atoms with Crippen molar-refractivity contribution in [3.05, 3.63) is 56.8 Å². The second kappa shape index (κ2) is 6.49. The van der Waals surface area contributed by atoms with Gasteiger partial charge < -0.3 is 9.88 Å². The molecule has 0 aliphatic carbocycles. The summed E-state index contributed by atoms with van der Waals surface area (Å²) in [6.07, 6.45) is 4.69. The van der Waals surface area contributed by atoms with Gasteiger partial charge in [0.2, 0.25) is 0 Å². The lowest BCUT2D eigenvalue weighted by Crippen LogP contribution is -2.38. The van der Waals surface area contributed by atoms with Crippen molar-refractivity contribution < 1.29 is 4.79 Å². The Morgan fingerprint density at radius 1 is 1.19 bits per heavy atom. The Balaban J connectivity index is 1.56. The SMILES string of the molecule is Cn1c(=O)c2[nH]c(C3CCN(C(=O)c4cccnc4)CC3)nc2n(C)c1=O. The quantitative estimate of drug-likeness (QED) is 0.704. The van der Waals surface area contributed by atoms with Crippen LogP contribution in [0.15, 0.2) is 34.1 Å². The number of aromatic amines is 1. The first-order valence-electron chi connectivity index (χ1n) is 8.82. The average Bonchev–Trinajstić information content (AvgIpc) is 3.16. The number of piperidine rings is 1. The number of nitrogens with one attached hydrogen (secondary N) is 1. The molecule has 1 aliphatic rings. The molecule has 9 heteroatoms. The van der Waals surface area contributed by atoms with Gasteiger partial charge in [0.25, 0.3) is 11.5 Å².